The molecule has 0 saturated carbocycles. The van der Waals surface area contributed by atoms with Crippen LogP contribution in [0.5, 0.6) is 0 Å². The highest BCUT2D eigenvalue weighted by Gasteiger charge is 2.40. The van der Waals surface area contributed by atoms with Gasteiger partial charge in [-0.05, 0) is 49.1 Å². The summed E-state index contributed by atoms with van der Waals surface area (Å²) in [6.07, 6.45) is 1.83. The van der Waals surface area contributed by atoms with Crippen LogP contribution in [0, 0.1) is 0 Å². The summed E-state index contributed by atoms with van der Waals surface area (Å²) >= 11 is 1.67. The predicted molar refractivity (Wildman–Crippen MR) is 80.7 cm³/mol. The molecule has 2 amide bonds. The molecule has 2 atom stereocenters. The predicted octanol–water partition coefficient (Wildman–Crippen LogP) is 2.20. The van der Waals surface area contributed by atoms with E-state index in [0.29, 0.717) is 19.4 Å². The van der Waals surface area contributed by atoms with E-state index >= 15 is 0 Å². The third-order valence-corrected chi connectivity index (χ3v) is 4.81. The van der Waals surface area contributed by atoms with Crippen LogP contribution in [0.15, 0.2) is 16.8 Å². The molecule has 0 bridgehead atoms. The van der Waals surface area contributed by atoms with E-state index in [0.717, 1.165) is 6.42 Å². The molecule has 2 heterocycles. The van der Waals surface area contributed by atoms with E-state index in [1.807, 2.05) is 24.1 Å². The first-order valence-corrected chi connectivity index (χ1v) is 8.03. The molecule has 1 aromatic rings. The molecule has 0 radical (unpaired) electrons. The molecule has 0 aromatic carbocycles. The summed E-state index contributed by atoms with van der Waals surface area (Å²) in [5.74, 6) is 0.00140. The summed E-state index contributed by atoms with van der Waals surface area (Å²) in [5, 5.41) is 7.03. The Hall–Kier alpha value is -1.36. The van der Waals surface area contributed by atoms with Gasteiger partial charge in [0.1, 0.15) is 5.54 Å². The van der Waals surface area contributed by atoms with E-state index in [1.54, 1.807) is 11.3 Å². The van der Waals surface area contributed by atoms with Gasteiger partial charge in [-0.1, -0.05) is 6.92 Å². The maximum Gasteiger partial charge on any atom is 0.248 e. The molecule has 0 aliphatic carbocycles. The van der Waals surface area contributed by atoms with Gasteiger partial charge in [0.05, 0.1) is 0 Å². The highest BCUT2D eigenvalue weighted by Crippen LogP contribution is 2.21. The highest BCUT2D eigenvalue weighted by atomic mass is 32.1. The standard InChI is InChI=1S/C15H22N2O2S/c1-4-15(3)14(19)17(7-5-13(18)16-15)11(2)9-12-6-8-20-10-12/h6,8,10-11H,4-5,7,9H2,1-3H3,(H,16,18). The fraction of sp³-hybridized carbons (Fsp3) is 0.600. The third kappa shape index (κ3) is 3.03. The minimum atomic E-state index is -0.767. The van der Waals surface area contributed by atoms with Crippen LogP contribution in [0.25, 0.3) is 0 Å². The van der Waals surface area contributed by atoms with Crippen LogP contribution in [0.4, 0.5) is 0 Å². The van der Waals surface area contributed by atoms with Crippen molar-refractivity contribution in [3.8, 4) is 0 Å². The van der Waals surface area contributed by atoms with E-state index in [9.17, 15) is 9.59 Å². The van der Waals surface area contributed by atoms with Crippen molar-refractivity contribution in [2.45, 2.75) is 51.6 Å². The van der Waals surface area contributed by atoms with Gasteiger partial charge in [0.25, 0.3) is 0 Å². The molecular formula is C15H22N2O2S. The zero-order valence-electron chi connectivity index (χ0n) is 12.3. The molecule has 20 heavy (non-hydrogen) atoms. The average molecular weight is 294 g/mol. The molecule has 1 fully saturated rings. The monoisotopic (exact) mass is 294 g/mol. The van der Waals surface area contributed by atoms with Gasteiger partial charge in [-0.3, -0.25) is 9.59 Å². The van der Waals surface area contributed by atoms with Crippen molar-refractivity contribution < 1.29 is 9.59 Å². The Morgan fingerprint density at radius 1 is 1.50 bits per heavy atom. The molecule has 4 nitrogen and oxygen atoms in total. The summed E-state index contributed by atoms with van der Waals surface area (Å²) < 4.78 is 0. The molecule has 0 spiro atoms. The molecular weight excluding hydrogens is 272 g/mol. The highest BCUT2D eigenvalue weighted by molar-refractivity contribution is 7.07. The second-order valence-electron chi connectivity index (χ2n) is 5.67. The first-order valence-electron chi connectivity index (χ1n) is 7.09. The number of thiophene rings is 1. The number of rotatable bonds is 4. The summed E-state index contributed by atoms with van der Waals surface area (Å²) in [7, 11) is 0. The molecule has 1 N–H and O–H groups in total. The summed E-state index contributed by atoms with van der Waals surface area (Å²) in [6.45, 7) is 6.32. The van der Waals surface area contributed by atoms with E-state index in [1.165, 1.54) is 5.56 Å². The number of carbonyl (C=O) groups is 2. The van der Waals surface area contributed by atoms with E-state index in [2.05, 4.69) is 23.7 Å². The Balaban J connectivity index is 2.16. The van der Waals surface area contributed by atoms with Crippen LogP contribution in [-0.4, -0.2) is 34.8 Å². The minimum absolute atomic E-state index is 0.0343. The third-order valence-electron chi connectivity index (χ3n) is 4.08. The number of nitrogens with zero attached hydrogens (tertiary/aromatic N) is 1. The molecule has 1 aromatic heterocycles. The zero-order valence-corrected chi connectivity index (χ0v) is 13.1. The van der Waals surface area contributed by atoms with Crippen LogP contribution in [0.1, 0.15) is 39.2 Å². The first-order chi connectivity index (χ1) is 9.46. The lowest BCUT2D eigenvalue weighted by Crippen LogP contribution is -2.56. The van der Waals surface area contributed by atoms with Crippen LogP contribution in [0.3, 0.4) is 0 Å². The summed E-state index contributed by atoms with van der Waals surface area (Å²) in [6, 6.07) is 2.20. The molecule has 5 heteroatoms. The number of amides is 2. The van der Waals surface area contributed by atoms with Gasteiger partial charge in [-0.25, -0.2) is 0 Å². The minimum Gasteiger partial charge on any atom is -0.342 e. The smallest absolute Gasteiger partial charge is 0.248 e. The normalized spacial score (nSPS) is 25.2. The van der Waals surface area contributed by atoms with Crippen LogP contribution in [-0.2, 0) is 16.0 Å². The summed E-state index contributed by atoms with van der Waals surface area (Å²) in [5.41, 5.74) is 0.480. The van der Waals surface area contributed by atoms with E-state index in [4.69, 9.17) is 0 Å². The molecule has 1 aliphatic heterocycles. The largest absolute Gasteiger partial charge is 0.342 e. The summed E-state index contributed by atoms with van der Waals surface area (Å²) in [4.78, 5) is 26.4. The van der Waals surface area contributed by atoms with Gasteiger partial charge in [0.2, 0.25) is 11.8 Å². The number of hydrogen-bond acceptors (Lipinski definition) is 3. The molecule has 1 aliphatic rings. The molecule has 110 valence electrons. The molecule has 1 saturated heterocycles. The van der Waals surface area contributed by atoms with E-state index < -0.39 is 5.54 Å². The lowest BCUT2D eigenvalue weighted by Gasteiger charge is -2.34. The van der Waals surface area contributed by atoms with Gasteiger partial charge in [-0.2, -0.15) is 11.3 Å². The molecule has 2 rings (SSSR count). The van der Waals surface area contributed by atoms with Gasteiger partial charge in [0, 0.05) is 19.0 Å². The first kappa shape index (κ1) is 15.0. The fourth-order valence-electron chi connectivity index (χ4n) is 2.58. The van der Waals surface area contributed by atoms with Crippen molar-refractivity contribution in [2.24, 2.45) is 0 Å². The average Bonchev–Trinajstić information content (AvgIpc) is 2.87. The Labute approximate surface area is 124 Å². The SMILES string of the molecule is CCC1(C)NC(=O)CCN(C(C)Cc2ccsc2)C1=O. The Morgan fingerprint density at radius 3 is 2.85 bits per heavy atom. The van der Waals surface area contributed by atoms with Crippen molar-refractivity contribution in [2.75, 3.05) is 6.54 Å². The number of carbonyl (C=O) groups excluding carboxylic acids is 2. The second kappa shape index (κ2) is 5.95. The lowest BCUT2D eigenvalue weighted by atomic mass is 9.96. The zero-order chi connectivity index (χ0) is 14.8. The van der Waals surface area contributed by atoms with Gasteiger partial charge in [0.15, 0.2) is 0 Å². The molecule has 2 unspecified atom stereocenters. The number of nitrogens with one attached hydrogen (secondary N) is 1. The van der Waals surface area contributed by atoms with Crippen LogP contribution >= 0.6 is 11.3 Å². The van der Waals surface area contributed by atoms with Crippen LogP contribution in [0.2, 0.25) is 0 Å². The second-order valence-corrected chi connectivity index (χ2v) is 6.45. The van der Waals surface area contributed by atoms with Gasteiger partial charge in [-0.15, -0.1) is 0 Å². The maximum absolute atomic E-state index is 12.7. The van der Waals surface area contributed by atoms with Crippen molar-refractivity contribution in [1.82, 2.24) is 10.2 Å². The Kier molecular flexibility index (Phi) is 4.48. The quantitative estimate of drug-likeness (QED) is 0.925. The number of hydrogen-bond donors (Lipinski definition) is 1. The Bertz CT molecular complexity index is 486. The fourth-order valence-corrected chi connectivity index (χ4v) is 3.27. The van der Waals surface area contributed by atoms with Crippen LogP contribution < -0.4 is 5.32 Å². The van der Waals surface area contributed by atoms with Crippen molar-refractivity contribution in [3.05, 3.63) is 22.4 Å². The van der Waals surface area contributed by atoms with Crippen molar-refractivity contribution in [3.63, 3.8) is 0 Å². The Morgan fingerprint density at radius 2 is 2.25 bits per heavy atom. The van der Waals surface area contributed by atoms with E-state index in [-0.39, 0.29) is 17.9 Å². The van der Waals surface area contributed by atoms with Gasteiger partial charge >= 0.3 is 0 Å². The lowest BCUT2D eigenvalue weighted by molar-refractivity contribution is -0.140. The maximum atomic E-state index is 12.7. The van der Waals surface area contributed by atoms with Crippen molar-refractivity contribution >= 4 is 23.2 Å². The van der Waals surface area contributed by atoms with Crippen molar-refractivity contribution in [1.29, 1.82) is 0 Å². The van der Waals surface area contributed by atoms with Gasteiger partial charge < -0.3 is 10.2 Å². The topological polar surface area (TPSA) is 49.4 Å².